The first-order valence-electron chi connectivity index (χ1n) is 8.05. The molecule has 112 valence electrons. The average molecular weight is 278 g/mol. The van der Waals surface area contributed by atoms with Gasteiger partial charge in [0, 0.05) is 19.7 Å². The first-order valence-corrected chi connectivity index (χ1v) is 8.05. The molecule has 20 heavy (non-hydrogen) atoms. The van der Waals surface area contributed by atoms with Crippen molar-refractivity contribution in [2.75, 3.05) is 7.11 Å². The standard InChI is InChI=1S/C15H26N4O/c1-20-11-14-17-15-13(9-6-10-19(15)18-14)16-12-7-4-2-3-5-8-12/h12-13,16H,2-11H2,1H3. The van der Waals surface area contributed by atoms with Gasteiger partial charge in [0.15, 0.2) is 5.82 Å². The second kappa shape index (κ2) is 6.68. The number of hydrogen-bond donors (Lipinski definition) is 1. The van der Waals surface area contributed by atoms with Crippen LogP contribution < -0.4 is 5.32 Å². The lowest BCUT2D eigenvalue weighted by Crippen LogP contribution is -2.36. The maximum Gasteiger partial charge on any atom is 0.176 e. The minimum atomic E-state index is 0.380. The molecule has 2 heterocycles. The summed E-state index contributed by atoms with van der Waals surface area (Å²) < 4.78 is 7.22. The van der Waals surface area contributed by atoms with E-state index in [1.165, 1.54) is 51.4 Å². The minimum Gasteiger partial charge on any atom is -0.377 e. The van der Waals surface area contributed by atoms with Crippen molar-refractivity contribution in [3.05, 3.63) is 11.6 Å². The highest BCUT2D eigenvalue weighted by atomic mass is 16.5. The van der Waals surface area contributed by atoms with E-state index in [4.69, 9.17) is 4.74 Å². The molecule has 1 aromatic rings. The first kappa shape index (κ1) is 14.0. The number of ether oxygens (including phenoxy) is 1. The molecule has 1 aliphatic carbocycles. The van der Waals surface area contributed by atoms with Crippen LogP contribution in [0.3, 0.4) is 0 Å². The molecule has 5 heteroatoms. The Morgan fingerprint density at radius 3 is 2.70 bits per heavy atom. The van der Waals surface area contributed by atoms with Crippen LogP contribution in [-0.2, 0) is 17.9 Å². The predicted octanol–water partition coefficient (Wildman–Crippen LogP) is 2.57. The van der Waals surface area contributed by atoms with E-state index in [9.17, 15) is 0 Å². The molecule has 3 rings (SSSR count). The van der Waals surface area contributed by atoms with Gasteiger partial charge >= 0.3 is 0 Å². The third kappa shape index (κ3) is 3.20. The lowest BCUT2D eigenvalue weighted by molar-refractivity contribution is 0.177. The van der Waals surface area contributed by atoms with Crippen LogP contribution in [0.1, 0.15) is 69.1 Å². The maximum absolute atomic E-state index is 5.15. The summed E-state index contributed by atoms with van der Waals surface area (Å²) in [6.07, 6.45) is 10.5. The molecule has 0 saturated heterocycles. The second-order valence-electron chi connectivity index (χ2n) is 6.09. The highest BCUT2D eigenvalue weighted by molar-refractivity contribution is 5.02. The highest BCUT2D eigenvalue weighted by Crippen LogP contribution is 2.26. The van der Waals surface area contributed by atoms with Gasteiger partial charge < -0.3 is 10.1 Å². The van der Waals surface area contributed by atoms with E-state index in [1.54, 1.807) is 7.11 Å². The molecule has 1 unspecified atom stereocenters. The molecule has 0 amide bonds. The molecule has 0 radical (unpaired) electrons. The molecule has 1 aliphatic heterocycles. The quantitative estimate of drug-likeness (QED) is 0.860. The number of aryl methyl sites for hydroxylation is 1. The summed E-state index contributed by atoms with van der Waals surface area (Å²) in [4.78, 5) is 4.68. The van der Waals surface area contributed by atoms with Crippen molar-refractivity contribution in [3.8, 4) is 0 Å². The van der Waals surface area contributed by atoms with Gasteiger partial charge in [0.1, 0.15) is 12.4 Å². The third-order valence-corrected chi connectivity index (χ3v) is 4.48. The fourth-order valence-corrected chi connectivity index (χ4v) is 3.48. The van der Waals surface area contributed by atoms with E-state index < -0.39 is 0 Å². The van der Waals surface area contributed by atoms with Crippen LogP contribution in [0.5, 0.6) is 0 Å². The number of hydrogen-bond acceptors (Lipinski definition) is 4. The van der Waals surface area contributed by atoms with Crippen molar-refractivity contribution in [2.45, 2.75) is 76.6 Å². The summed E-state index contributed by atoms with van der Waals surface area (Å²) in [5.74, 6) is 1.93. The van der Waals surface area contributed by atoms with Gasteiger partial charge in [0.05, 0.1) is 6.04 Å². The minimum absolute atomic E-state index is 0.380. The molecule has 1 atom stereocenters. The molecule has 2 aliphatic rings. The van der Waals surface area contributed by atoms with Crippen LogP contribution in [0.25, 0.3) is 0 Å². The Bertz CT molecular complexity index is 424. The van der Waals surface area contributed by atoms with E-state index in [-0.39, 0.29) is 0 Å². The zero-order chi connectivity index (χ0) is 13.8. The van der Waals surface area contributed by atoms with Crippen LogP contribution in [0.4, 0.5) is 0 Å². The number of aromatic nitrogens is 3. The van der Waals surface area contributed by atoms with Crippen molar-refractivity contribution >= 4 is 0 Å². The van der Waals surface area contributed by atoms with Crippen molar-refractivity contribution < 1.29 is 4.74 Å². The average Bonchev–Trinajstić information content (AvgIpc) is 2.69. The van der Waals surface area contributed by atoms with Crippen molar-refractivity contribution in [1.29, 1.82) is 0 Å². The number of fused-ring (bicyclic) bond motifs is 1. The summed E-state index contributed by atoms with van der Waals surface area (Å²) in [6.45, 7) is 1.51. The van der Waals surface area contributed by atoms with E-state index in [2.05, 4.69) is 20.1 Å². The topological polar surface area (TPSA) is 52.0 Å². The number of methoxy groups -OCH3 is 1. The van der Waals surface area contributed by atoms with E-state index in [0.717, 1.165) is 18.2 Å². The molecule has 0 aromatic carbocycles. The highest BCUT2D eigenvalue weighted by Gasteiger charge is 2.26. The monoisotopic (exact) mass is 278 g/mol. The SMILES string of the molecule is COCc1nc2n(n1)CCCC2NC1CCCCCC1. The molecule has 1 fully saturated rings. The Labute approximate surface area is 121 Å². The van der Waals surface area contributed by atoms with Crippen LogP contribution >= 0.6 is 0 Å². The Morgan fingerprint density at radius 2 is 1.95 bits per heavy atom. The molecule has 0 bridgehead atoms. The zero-order valence-electron chi connectivity index (χ0n) is 12.5. The second-order valence-corrected chi connectivity index (χ2v) is 6.09. The van der Waals surface area contributed by atoms with Gasteiger partial charge in [-0.3, -0.25) is 0 Å². The van der Waals surface area contributed by atoms with E-state index in [1.807, 2.05) is 0 Å². The van der Waals surface area contributed by atoms with E-state index in [0.29, 0.717) is 18.7 Å². The fourth-order valence-electron chi connectivity index (χ4n) is 3.48. The van der Waals surface area contributed by atoms with Crippen LogP contribution in [-0.4, -0.2) is 27.9 Å². The largest absolute Gasteiger partial charge is 0.377 e. The van der Waals surface area contributed by atoms with Gasteiger partial charge in [-0.05, 0) is 25.7 Å². The van der Waals surface area contributed by atoms with Gasteiger partial charge in [-0.2, -0.15) is 5.10 Å². The van der Waals surface area contributed by atoms with Crippen molar-refractivity contribution in [1.82, 2.24) is 20.1 Å². The van der Waals surface area contributed by atoms with Crippen LogP contribution in [0.2, 0.25) is 0 Å². The Kier molecular flexibility index (Phi) is 4.68. The van der Waals surface area contributed by atoms with Gasteiger partial charge in [0.25, 0.3) is 0 Å². The number of nitrogens with one attached hydrogen (secondary N) is 1. The molecular weight excluding hydrogens is 252 g/mol. The van der Waals surface area contributed by atoms with E-state index >= 15 is 0 Å². The number of rotatable bonds is 4. The normalized spacial score (nSPS) is 24.4. The zero-order valence-corrected chi connectivity index (χ0v) is 12.5. The molecule has 1 aromatic heterocycles. The third-order valence-electron chi connectivity index (χ3n) is 4.48. The van der Waals surface area contributed by atoms with Gasteiger partial charge in [-0.25, -0.2) is 9.67 Å². The molecule has 5 nitrogen and oxygen atoms in total. The fraction of sp³-hybridized carbons (Fsp3) is 0.867. The van der Waals surface area contributed by atoms with Crippen LogP contribution in [0, 0.1) is 0 Å². The molecular formula is C15H26N4O. The molecule has 0 spiro atoms. The van der Waals surface area contributed by atoms with Crippen molar-refractivity contribution in [2.24, 2.45) is 0 Å². The predicted molar refractivity (Wildman–Crippen MR) is 77.3 cm³/mol. The molecule has 1 N–H and O–H groups in total. The maximum atomic E-state index is 5.15. The van der Waals surface area contributed by atoms with Gasteiger partial charge in [-0.1, -0.05) is 25.7 Å². The van der Waals surface area contributed by atoms with Crippen molar-refractivity contribution in [3.63, 3.8) is 0 Å². The molecule has 1 saturated carbocycles. The Hall–Kier alpha value is -0.940. The Balaban J connectivity index is 1.68. The Morgan fingerprint density at radius 1 is 1.15 bits per heavy atom. The summed E-state index contributed by atoms with van der Waals surface area (Å²) >= 11 is 0. The van der Waals surface area contributed by atoms with Crippen LogP contribution in [0.15, 0.2) is 0 Å². The first-order chi connectivity index (χ1) is 9.86. The lowest BCUT2D eigenvalue weighted by Gasteiger charge is -2.27. The van der Waals surface area contributed by atoms with Gasteiger partial charge in [0.2, 0.25) is 0 Å². The van der Waals surface area contributed by atoms with Gasteiger partial charge in [-0.15, -0.1) is 0 Å². The summed E-state index contributed by atoms with van der Waals surface area (Å²) in [7, 11) is 1.70. The lowest BCUT2D eigenvalue weighted by atomic mass is 10.0. The smallest absolute Gasteiger partial charge is 0.176 e. The summed E-state index contributed by atoms with van der Waals surface area (Å²) in [5.41, 5.74) is 0. The summed E-state index contributed by atoms with van der Waals surface area (Å²) in [5, 5.41) is 8.39. The number of nitrogens with zero attached hydrogens (tertiary/aromatic N) is 3. The summed E-state index contributed by atoms with van der Waals surface area (Å²) in [6, 6.07) is 1.04.